The molecule has 26 heavy (non-hydrogen) atoms. The Hall–Kier alpha value is -1.94. The maximum Gasteiger partial charge on any atom is 0.270 e. The number of fused-ring (bicyclic) bond motifs is 3. The molecule has 1 aromatic carbocycles. The van der Waals surface area contributed by atoms with E-state index in [4.69, 9.17) is 0 Å². The summed E-state index contributed by atoms with van der Waals surface area (Å²) < 4.78 is 28.8. The highest BCUT2D eigenvalue weighted by molar-refractivity contribution is 14.1. The van der Waals surface area contributed by atoms with Gasteiger partial charge in [0.15, 0.2) is 5.65 Å². The number of pyridine rings is 1. The Labute approximate surface area is 164 Å². The first-order chi connectivity index (χ1) is 12.4. The van der Waals surface area contributed by atoms with E-state index in [9.17, 15) is 8.42 Å². The second-order valence-electron chi connectivity index (χ2n) is 6.26. The lowest BCUT2D eigenvalue weighted by atomic mass is 10.1. The van der Waals surface area contributed by atoms with Crippen molar-refractivity contribution in [2.45, 2.75) is 32.1 Å². The number of aromatic amines is 1. The molecule has 3 aromatic heterocycles. The molecule has 8 heteroatoms. The Kier molecular flexibility index (Phi) is 4.07. The molecule has 0 aliphatic rings. The molecule has 4 aromatic rings. The van der Waals surface area contributed by atoms with Crippen LogP contribution in [0.1, 0.15) is 23.7 Å². The van der Waals surface area contributed by atoms with Crippen molar-refractivity contribution in [3.63, 3.8) is 0 Å². The van der Waals surface area contributed by atoms with Crippen molar-refractivity contribution >= 4 is 54.6 Å². The highest BCUT2D eigenvalue weighted by Gasteiger charge is 2.28. The van der Waals surface area contributed by atoms with Gasteiger partial charge in [0, 0.05) is 5.39 Å². The maximum atomic E-state index is 13.4. The molecule has 0 unspecified atom stereocenters. The first-order valence-electron chi connectivity index (χ1n) is 8.21. The van der Waals surface area contributed by atoms with Gasteiger partial charge in [-0.1, -0.05) is 24.6 Å². The van der Waals surface area contributed by atoms with Crippen LogP contribution in [-0.2, 0) is 16.4 Å². The van der Waals surface area contributed by atoms with Gasteiger partial charge in [0.25, 0.3) is 10.0 Å². The molecule has 0 spiro atoms. The van der Waals surface area contributed by atoms with Gasteiger partial charge in [0.1, 0.15) is 3.70 Å². The van der Waals surface area contributed by atoms with Gasteiger partial charge >= 0.3 is 0 Å². The van der Waals surface area contributed by atoms with Crippen molar-refractivity contribution in [1.29, 1.82) is 0 Å². The summed E-state index contributed by atoms with van der Waals surface area (Å²) in [6, 6.07) is 6.88. The fourth-order valence-corrected chi connectivity index (χ4v) is 6.28. The number of nitrogens with zero attached hydrogens (tertiary/aromatic N) is 3. The number of hydrogen-bond donors (Lipinski definition) is 1. The number of halogens is 1. The van der Waals surface area contributed by atoms with E-state index in [0.29, 0.717) is 15.8 Å². The number of H-pyrrole nitrogens is 1. The molecule has 3 heterocycles. The van der Waals surface area contributed by atoms with Gasteiger partial charge in [0.2, 0.25) is 0 Å². The van der Waals surface area contributed by atoms with Crippen molar-refractivity contribution < 1.29 is 8.42 Å². The van der Waals surface area contributed by atoms with Gasteiger partial charge in [-0.2, -0.15) is 5.10 Å². The lowest BCUT2D eigenvalue weighted by Crippen LogP contribution is -2.15. The van der Waals surface area contributed by atoms with E-state index in [1.165, 1.54) is 3.97 Å². The molecule has 0 saturated carbocycles. The monoisotopic (exact) mass is 480 g/mol. The highest BCUT2D eigenvalue weighted by Crippen LogP contribution is 2.35. The van der Waals surface area contributed by atoms with E-state index in [0.717, 1.165) is 33.1 Å². The molecule has 4 rings (SSSR count). The van der Waals surface area contributed by atoms with Crippen molar-refractivity contribution in [1.82, 2.24) is 19.2 Å². The summed E-state index contributed by atoms with van der Waals surface area (Å²) in [5.41, 5.74) is 4.00. The second kappa shape index (κ2) is 6.05. The molecule has 0 amide bonds. The zero-order chi connectivity index (χ0) is 18.6. The van der Waals surface area contributed by atoms with Gasteiger partial charge in [-0.25, -0.2) is 17.4 Å². The third-order valence-electron chi connectivity index (χ3n) is 4.61. The van der Waals surface area contributed by atoms with Crippen LogP contribution in [0.4, 0.5) is 0 Å². The molecule has 0 aliphatic heterocycles. The summed E-state index contributed by atoms with van der Waals surface area (Å²) in [6.45, 7) is 5.81. The van der Waals surface area contributed by atoms with E-state index in [-0.39, 0.29) is 4.90 Å². The van der Waals surface area contributed by atoms with Gasteiger partial charge in [-0.15, -0.1) is 0 Å². The Morgan fingerprint density at radius 1 is 1.19 bits per heavy atom. The number of hydrogen-bond acceptors (Lipinski definition) is 4. The Morgan fingerprint density at radius 3 is 2.54 bits per heavy atom. The Bertz CT molecular complexity index is 1250. The van der Waals surface area contributed by atoms with Crippen LogP contribution in [-0.4, -0.2) is 27.6 Å². The minimum absolute atomic E-state index is 0.254. The van der Waals surface area contributed by atoms with Crippen LogP contribution in [0.3, 0.4) is 0 Å². The molecular formula is C18H17IN4O2S. The van der Waals surface area contributed by atoms with E-state index in [1.807, 2.05) is 20.8 Å². The number of rotatable bonds is 3. The van der Waals surface area contributed by atoms with Crippen molar-refractivity contribution in [2.75, 3.05) is 0 Å². The Morgan fingerprint density at radius 2 is 1.88 bits per heavy atom. The lowest BCUT2D eigenvalue weighted by molar-refractivity contribution is 0.587. The second-order valence-corrected chi connectivity index (χ2v) is 9.07. The number of benzene rings is 1. The molecule has 0 aliphatic carbocycles. The molecule has 0 radical (unpaired) electrons. The zero-order valence-electron chi connectivity index (χ0n) is 14.5. The largest absolute Gasteiger partial charge is 0.277 e. The molecular weight excluding hydrogens is 463 g/mol. The summed E-state index contributed by atoms with van der Waals surface area (Å²) in [5.74, 6) is 0. The fourth-order valence-electron chi connectivity index (χ4n) is 3.25. The fraction of sp³-hybridized carbons (Fsp3) is 0.222. The average Bonchev–Trinajstić information content (AvgIpc) is 3.18. The summed E-state index contributed by atoms with van der Waals surface area (Å²) in [7, 11) is -3.76. The summed E-state index contributed by atoms with van der Waals surface area (Å²) in [5, 5.41) is 8.88. The van der Waals surface area contributed by atoms with Gasteiger partial charge in [-0.05, 0) is 60.6 Å². The van der Waals surface area contributed by atoms with Crippen molar-refractivity contribution in [2.24, 2.45) is 0 Å². The van der Waals surface area contributed by atoms with E-state index in [1.54, 1.807) is 30.5 Å². The lowest BCUT2D eigenvalue weighted by Gasteiger charge is -2.09. The number of aryl methyl sites for hydroxylation is 3. The average molecular weight is 480 g/mol. The third kappa shape index (κ3) is 2.38. The standard InChI is InChI=1S/C18H17IN4O2S/c1-4-13-15-16-14(9-20-22-16)11(3)21-18(15)23(17(13)19)26(24,25)12-7-5-10(2)6-8-12/h5-9H,4H2,1-3H3,(H,20,22). The van der Waals surface area contributed by atoms with Crippen LogP contribution in [0.15, 0.2) is 35.4 Å². The van der Waals surface area contributed by atoms with E-state index in [2.05, 4.69) is 37.8 Å². The molecule has 0 saturated heterocycles. The van der Waals surface area contributed by atoms with Crippen LogP contribution in [0.5, 0.6) is 0 Å². The first-order valence-corrected chi connectivity index (χ1v) is 10.7. The van der Waals surface area contributed by atoms with Gasteiger partial charge < -0.3 is 0 Å². The van der Waals surface area contributed by atoms with Crippen molar-refractivity contribution in [3.05, 3.63) is 51.0 Å². The van der Waals surface area contributed by atoms with Crippen LogP contribution in [0.25, 0.3) is 21.9 Å². The first kappa shape index (κ1) is 17.5. The number of nitrogens with one attached hydrogen (secondary N) is 1. The zero-order valence-corrected chi connectivity index (χ0v) is 17.5. The highest BCUT2D eigenvalue weighted by atomic mass is 127. The normalized spacial score (nSPS) is 12.3. The van der Waals surface area contributed by atoms with Gasteiger partial charge in [-0.3, -0.25) is 5.10 Å². The molecule has 0 atom stereocenters. The predicted octanol–water partition coefficient (Wildman–Crippen LogP) is 3.93. The quantitative estimate of drug-likeness (QED) is 0.451. The van der Waals surface area contributed by atoms with Crippen LogP contribution in [0, 0.1) is 17.5 Å². The predicted molar refractivity (Wildman–Crippen MR) is 110 cm³/mol. The molecule has 0 fully saturated rings. The SMILES string of the molecule is CCc1c(I)n(S(=O)(=O)c2ccc(C)cc2)c2nc(C)c3cn[nH]c3c12. The van der Waals surface area contributed by atoms with Crippen LogP contribution in [0.2, 0.25) is 0 Å². The number of aromatic nitrogens is 4. The topological polar surface area (TPSA) is 80.6 Å². The Balaban J connectivity index is 2.15. The molecule has 1 N–H and O–H groups in total. The third-order valence-corrected chi connectivity index (χ3v) is 7.78. The summed E-state index contributed by atoms with van der Waals surface area (Å²) >= 11 is 2.10. The molecule has 134 valence electrons. The summed E-state index contributed by atoms with van der Waals surface area (Å²) in [6.07, 6.45) is 2.43. The molecule has 6 nitrogen and oxygen atoms in total. The van der Waals surface area contributed by atoms with E-state index < -0.39 is 10.0 Å². The molecule has 0 bridgehead atoms. The van der Waals surface area contributed by atoms with Crippen molar-refractivity contribution in [3.8, 4) is 0 Å². The van der Waals surface area contributed by atoms with E-state index >= 15 is 0 Å². The summed E-state index contributed by atoms with van der Waals surface area (Å²) in [4.78, 5) is 4.89. The smallest absolute Gasteiger partial charge is 0.270 e. The maximum absolute atomic E-state index is 13.4. The minimum Gasteiger partial charge on any atom is -0.277 e. The van der Waals surface area contributed by atoms with Crippen LogP contribution < -0.4 is 0 Å². The van der Waals surface area contributed by atoms with Gasteiger partial charge in [0.05, 0.1) is 27.7 Å². The minimum atomic E-state index is -3.76. The van der Waals surface area contributed by atoms with Crippen LogP contribution >= 0.6 is 22.6 Å².